The predicted molar refractivity (Wildman–Crippen MR) is 54.3 cm³/mol. The van der Waals surface area contributed by atoms with E-state index in [9.17, 15) is 0 Å². The van der Waals surface area contributed by atoms with Crippen LogP contribution in [0.15, 0.2) is 12.4 Å². The number of rotatable bonds is 3. The molecule has 4 nitrogen and oxygen atoms in total. The summed E-state index contributed by atoms with van der Waals surface area (Å²) in [6, 6.07) is 0.444. The topological polar surface area (TPSA) is 50.1 Å². The standard InChI is InChI=1S/C10H17N3O/c1-8(9-4-2-3-5-9)13-7-10(12-14)6-11-13/h6-9,12,14H,2-5H2,1H3. The number of nitrogens with zero attached hydrogens (tertiary/aromatic N) is 2. The van der Waals surface area contributed by atoms with Gasteiger partial charge in [-0.1, -0.05) is 12.8 Å². The minimum absolute atomic E-state index is 0.444. The highest BCUT2D eigenvalue weighted by molar-refractivity contribution is 5.34. The van der Waals surface area contributed by atoms with Crippen molar-refractivity contribution in [3.05, 3.63) is 12.4 Å². The molecule has 1 aromatic heterocycles. The molecule has 0 saturated heterocycles. The molecule has 14 heavy (non-hydrogen) atoms. The fraction of sp³-hybridized carbons (Fsp3) is 0.700. The maximum atomic E-state index is 8.69. The van der Waals surface area contributed by atoms with Gasteiger partial charge in [0.1, 0.15) is 0 Å². The first-order valence-electron chi connectivity index (χ1n) is 5.25. The molecule has 1 unspecified atom stereocenters. The van der Waals surface area contributed by atoms with E-state index in [-0.39, 0.29) is 0 Å². The Balaban J connectivity index is 2.05. The van der Waals surface area contributed by atoms with Gasteiger partial charge in [0.25, 0.3) is 0 Å². The van der Waals surface area contributed by atoms with Crippen LogP contribution < -0.4 is 5.48 Å². The molecule has 1 saturated carbocycles. The average Bonchev–Trinajstić information content (AvgIpc) is 2.88. The Labute approximate surface area is 83.9 Å². The highest BCUT2D eigenvalue weighted by atomic mass is 16.5. The monoisotopic (exact) mass is 195 g/mol. The van der Waals surface area contributed by atoms with E-state index in [1.54, 1.807) is 6.20 Å². The molecule has 0 aliphatic heterocycles. The van der Waals surface area contributed by atoms with E-state index >= 15 is 0 Å². The summed E-state index contributed by atoms with van der Waals surface area (Å²) in [7, 11) is 0. The number of anilines is 1. The van der Waals surface area contributed by atoms with E-state index in [0.717, 1.165) is 5.92 Å². The summed E-state index contributed by atoms with van der Waals surface area (Å²) < 4.78 is 1.94. The third kappa shape index (κ3) is 1.75. The van der Waals surface area contributed by atoms with Crippen molar-refractivity contribution < 1.29 is 5.21 Å². The largest absolute Gasteiger partial charge is 0.291 e. The zero-order valence-corrected chi connectivity index (χ0v) is 8.48. The Morgan fingerprint density at radius 1 is 1.57 bits per heavy atom. The highest BCUT2D eigenvalue weighted by Crippen LogP contribution is 2.33. The minimum Gasteiger partial charge on any atom is -0.291 e. The molecule has 1 atom stereocenters. The van der Waals surface area contributed by atoms with E-state index in [1.165, 1.54) is 25.7 Å². The van der Waals surface area contributed by atoms with Crippen molar-refractivity contribution in [1.82, 2.24) is 9.78 Å². The molecule has 0 spiro atoms. The fourth-order valence-corrected chi connectivity index (χ4v) is 2.27. The van der Waals surface area contributed by atoms with Crippen molar-refractivity contribution in [1.29, 1.82) is 0 Å². The molecular formula is C10H17N3O. The summed E-state index contributed by atoms with van der Waals surface area (Å²) >= 11 is 0. The first kappa shape index (κ1) is 9.52. The van der Waals surface area contributed by atoms with Crippen LogP contribution in [-0.2, 0) is 0 Å². The van der Waals surface area contributed by atoms with Crippen molar-refractivity contribution in [2.24, 2.45) is 5.92 Å². The molecule has 0 radical (unpaired) electrons. The third-order valence-corrected chi connectivity index (χ3v) is 3.23. The van der Waals surface area contributed by atoms with Gasteiger partial charge >= 0.3 is 0 Å². The van der Waals surface area contributed by atoms with Crippen LogP contribution in [0.1, 0.15) is 38.6 Å². The Bertz CT molecular complexity index is 291. The Kier molecular flexibility index (Phi) is 2.72. The van der Waals surface area contributed by atoms with Crippen LogP contribution >= 0.6 is 0 Å². The number of aromatic nitrogens is 2. The SMILES string of the molecule is CC(C1CCCC1)n1cc(NO)cn1. The van der Waals surface area contributed by atoms with Gasteiger partial charge < -0.3 is 0 Å². The first-order chi connectivity index (χ1) is 6.81. The van der Waals surface area contributed by atoms with Crippen molar-refractivity contribution in [2.75, 3.05) is 5.48 Å². The zero-order chi connectivity index (χ0) is 9.97. The second-order valence-electron chi connectivity index (χ2n) is 4.11. The molecule has 1 heterocycles. The molecule has 0 amide bonds. The molecule has 4 heteroatoms. The van der Waals surface area contributed by atoms with E-state index < -0.39 is 0 Å². The van der Waals surface area contributed by atoms with Gasteiger partial charge in [-0.25, -0.2) is 0 Å². The Hall–Kier alpha value is -1.03. The average molecular weight is 195 g/mol. The van der Waals surface area contributed by atoms with Crippen molar-refractivity contribution in [2.45, 2.75) is 38.6 Å². The molecule has 1 aliphatic rings. The van der Waals surface area contributed by atoms with Crippen LogP contribution in [-0.4, -0.2) is 15.0 Å². The van der Waals surface area contributed by atoms with Gasteiger partial charge in [0.2, 0.25) is 0 Å². The molecule has 1 aromatic rings. The molecule has 78 valence electrons. The second-order valence-corrected chi connectivity index (χ2v) is 4.11. The van der Waals surface area contributed by atoms with E-state index in [0.29, 0.717) is 11.7 Å². The molecule has 0 bridgehead atoms. The van der Waals surface area contributed by atoms with Gasteiger partial charge in [0.05, 0.1) is 24.1 Å². The van der Waals surface area contributed by atoms with Crippen molar-refractivity contribution in [3.63, 3.8) is 0 Å². The lowest BCUT2D eigenvalue weighted by atomic mass is 10.0. The Morgan fingerprint density at radius 2 is 2.29 bits per heavy atom. The summed E-state index contributed by atoms with van der Waals surface area (Å²) in [5.41, 5.74) is 2.77. The molecule has 2 rings (SSSR count). The van der Waals surface area contributed by atoms with E-state index in [4.69, 9.17) is 5.21 Å². The van der Waals surface area contributed by atoms with Crippen LogP contribution in [0.3, 0.4) is 0 Å². The van der Waals surface area contributed by atoms with Crippen molar-refractivity contribution in [3.8, 4) is 0 Å². The molecular weight excluding hydrogens is 178 g/mol. The van der Waals surface area contributed by atoms with Gasteiger partial charge in [-0.05, 0) is 25.7 Å². The number of hydrogen-bond acceptors (Lipinski definition) is 3. The minimum atomic E-state index is 0.444. The summed E-state index contributed by atoms with van der Waals surface area (Å²) in [5, 5.41) is 12.9. The van der Waals surface area contributed by atoms with Gasteiger partial charge in [-0.15, -0.1) is 0 Å². The van der Waals surface area contributed by atoms with E-state index in [2.05, 4.69) is 17.5 Å². The lowest BCUT2D eigenvalue weighted by Crippen LogP contribution is -2.14. The van der Waals surface area contributed by atoms with Crippen LogP contribution in [0.5, 0.6) is 0 Å². The zero-order valence-electron chi connectivity index (χ0n) is 8.48. The number of nitrogens with one attached hydrogen (secondary N) is 1. The summed E-state index contributed by atoms with van der Waals surface area (Å²) in [5.74, 6) is 0.751. The predicted octanol–water partition coefficient (Wildman–Crippen LogP) is 2.44. The van der Waals surface area contributed by atoms with E-state index in [1.807, 2.05) is 10.9 Å². The maximum Gasteiger partial charge on any atom is 0.0981 e. The van der Waals surface area contributed by atoms with Crippen LogP contribution in [0.25, 0.3) is 0 Å². The quantitative estimate of drug-likeness (QED) is 0.728. The highest BCUT2D eigenvalue weighted by Gasteiger charge is 2.23. The molecule has 1 aliphatic carbocycles. The third-order valence-electron chi connectivity index (χ3n) is 3.23. The second kappa shape index (κ2) is 4.00. The van der Waals surface area contributed by atoms with Gasteiger partial charge in [0.15, 0.2) is 0 Å². The molecule has 2 N–H and O–H groups in total. The van der Waals surface area contributed by atoms with Crippen LogP contribution in [0, 0.1) is 5.92 Å². The van der Waals surface area contributed by atoms with Gasteiger partial charge in [0, 0.05) is 0 Å². The summed E-state index contributed by atoms with van der Waals surface area (Å²) in [6.45, 7) is 2.20. The molecule has 1 fully saturated rings. The lowest BCUT2D eigenvalue weighted by molar-refractivity contribution is 0.334. The van der Waals surface area contributed by atoms with Crippen molar-refractivity contribution >= 4 is 5.69 Å². The fourth-order valence-electron chi connectivity index (χ4n) is 2.27. The number of hydrogen-bond donors (Lipinski definition) is 2. The van der Waals surface area contributed by atoms with Crippen LogP contribution in [0.2, 0.25) is 0 Å². The molecule has 0 aromatic carbocycles. The van der Waals surface area contributed by atoms with Gasteiger partial charge in [-0.2, -0.15) is 5.10 Å². The van der Waals surface area contributed by atoms with Crippen LogP contribution in [0.4, 0.5) is 5.69 Å². The smallest absolute Gasteiger partial charge is 0.0981 e. The normalized spacial score (nSPS) is 19.9. The lowest BCUT2D eigenvalue weighted by Gasteiger charge is -2.18. The summed E-state index contributed by atoms with van der Waals surface area (Å²) in [4.78, 5) is 0. The summed E-state index contributed by atoms with van der Waals surface area (Å²) in [6.07, 6.45) is 8.81. The maximum absolute atomic E-state index is 8.69. The Morgan fingerprint density at radius 3 is 2.86 bits per heavy atom. The first-order valence-corrected chi connectivity index (χ1v) is 5.25. The van der Waals surface area contributed by atoms with Gasteiger partial charge in [-0.3, -0.25) is 15.4 Å².